The number of aliphatic hydroxyl groups excluding tert-OH is 1. The average Bonchev–Trinajstić information content (AvgIpc) is 2.79. The lowest BCUT2D eigenvalue weighted by Crippen LogP contribution is -2.28. The number of aliphatic hydroxyl groups is 1. The van der Waals surface area contributed by atoms with E-state index in [-0.39, 0.29) is 12.2 Å². The van der Waals surface area contributed by atoms with E-state index >= 15 is 0 Å². The summed E-state index contributed by atoms with van der Waals surface area (Å²) in [6.45, 7) is 4.31. The van der Waals surface area contributed by atoms with Crippen LogP contribution >= 0.6 is 0 Å². The van der Waals surface area contributed by atoms with E-state index in [9.17, 15) is 15.0 Å². The molecule has 2 rings (SSSR count). The molecule has 0 saturated heterocycles. The quantitative estimate of drug-likeness (QED) is 0.753. The van der Waals surface area contributed by atoms with Gasteiger partial charge in [0.15, 0.2) is 5.65 Å². The van der Waals surface area contributed by atoms with Gasteiger partial charge < -0.3 is 15.1 Å². The van der Waals surface area contributed by atoms with Crippen molar-refractivity contribution in [2.75, 3.05) is 24.6 Å². The number of hydrogen-bond donors (Lipinski definition) is 2. The predicted octanol–water partition coefficient (Wildman–Crippen LogP) is 0.651. The molecule has 0 spiro atoms. The Bertz CT molecular complexity index is 650. The summed E-state index contributed by atoms with van der Waals surface area (Å²) >= 11 is 0. The molecule has 2 aromatic rings. The van der Waals surface area contributed by atoms with Crippen molar-refractivity contribution in [3.63, 3.8) is 0 Å². The molecule has 0 radical (unpaired) electrons. The van der Waals surface area contributed by atoms with Crippen LogP contribution in [0.15, 0.2) is 25.0 Å². The number of nitrogens with zero attached hydrogens (tertiary/aromatic N) is 4. The van der Waals surface area contributed by atoms with E-state index in [0.717, 1.165) is 0 Å². The second-order valence-electron chi connectivity index (χ2n) is 4.29. The Morgan fingerprint density at radius 3 is 2.90 bits per heavy atom. The summed E-state index contributed by atoms with van der Waals surface area (Å²) in [5.41, 5.74) is 1.18. The van der Waals surface area contributed by atoms with E-state index in [1.165, 1.54) is 6.20 Å². The summed E-state index contributed by atoms with van der Waals surface area (Å²) in [6.07, 6.45) is 4.55. The minimum Gasteiger partial charge on any atom is -0.478 e. The van der Waals surface area contributed by atoms with Crippen LogP contribution in [0.4, 0.5) is 5.69 Å². The molecule has 0 bridgehead atoms. The molecule has 0 amide bonds. The van der Waals surface area contributed by atoms with Gasteiger partial charge >= 0.3 is 5.97 Å². The van der Waals surface area contributed by atoms with Gasteiger partial charge in [-0.05, 0) is 0 Å². The van der Waals surface area contributed by atoms with Crippen molar-refractivity contribution in [3.8, 4) is 0 Å². The number of rotatable bonds is 6. The van der Waals surface area contributed by atoms with Gasteiger partial charge in [0, 0.05) is 26.3 Å². The lowest BCUT2D eigenvalue weighted by Gasteiger charge is -2.24. The van der Waals surface area contributed by atoms with Crippen molar-refractivity contribution in [1.82, 2.24) is 14.8 Å². The maximum Gasteiger partial charge on any atom is 0.339 e. The van der Waals surface area contributed by atoms with Crippen LogP contribution in [0.2, 0.25) is 0 Å². The van der Waals surface area contributed by atoms with E-state index < -0.39 is 5.97 Å². The third-order valence-corrected chi connectivity index (χ3v) is 3.00. The molecule has 20 heavy (non-hydrogen) atoms. The summed E-state index contributed by atoms with van der Waals surface area (Å²) in [5.74, 6) is -1.06. The zero-order chi connectivity index (χ0) is 14.7. The van der Waals surface area contributed by atoms with Gasteiger partial charge in [-0.15, -0.1) is 6.58 Å². The van der Waals surface area contributed by atoms with Gasteiger partial charge in [0.1, 0.15) is 5.56 Å². The molecular formula is C13H16N4O3. The number of fused-ring (bicyclic) bond motifs is 1. The fourth-order valence-corrected chi connectivity index (χ4v) is 2.15. The second-order valence-corrected chi connectivity index (χ2v) is 4.29. The summed E-state index contributed by atoms with van der Waals surface area (Å²) < 4.78 is 1.58. The third kappa shape index (κ3) is 2.35. The van der Waals surface area contributed by atoms with Crippen molar-refractivity contribution in [1.29, 1.82) is 0 Å². The average molecular weight is 276 g/mol. The second kappa shape index (κ2) is 5.70. The first-order valence-electron chi connectivity index (χ1n) is 6.10. The normalized spacial score (nSPS) is 10.7. The lowest BCUT2D eigenvalue weighted by molar-refractivity contribution is 0.0697. The molecule has 0 unspecified atom stereocenters. The van der Waals surface area contributed by atoms with Crippen LogP contribution in [0, 0.1) is 0 Å². The highest BCUT2D eigenvalue weighted by molar-refractivity contribution is 6.03. The lowest BCUT2D eigenvalue weighted by atomic mass is 10.1. The Balaban J connectivity index is 2.70. The van der Waals surface area contributed by atoms with Gasteiger partial charge in [-0.25, -0.2) is 9.78 Å². The first kappa shape index (κ1) is 14.0. The molecule has 0 aromatic carbocycles. The summed E-state index contributed by atoms with van der Waals surface area (Å²) in [4.78, 5) is 17.3. The van der Waals surface area contributed by atoms with Crippen molar-refractivity contribution < 1.29 is 15.0 Å². The van der Waals surface area contributed by atoms with Crippen molar-refractivity contribution in [2.45, 2.75) is 0 Å². The van der Waals surface area contributed by atoms with Gasteiger partial charge in [0.25, 0.3) is 0 Å². The van der Waals surface area contributed by atoms with Crippen molar-refractivity contribution in [3.05, 3.63) is 30.6 Å². The van der Waals surface area contributed by atoms with Gasteiger partial charge in [0.05, 0.1) is 23.9 Å². The minimum atomic E-state index is -1.06. The zero-order valence-electron chi connectivity index (χ0n) is 11.2. The van der Waals surface area contributed by atoms with E-state index in [0.29, 0.717) is 29.8 Å². The topological polar surface area (TPSA) is 91.5 Å². The van der Waals surface area contributed by atoms with E-state index in [2.05, 4.69) is 16.7 Å². The molecule has 2 aromatic heterocycles. The van der Waals surface area contributed by atoms with Crippen LogP contribution < -0.4 is 4.90 Å². The molecule has 106 valence electrons. The van der Waals surface area contributed by atoms with Crippen molar-refractivity contribution in [2.24, 2.45) is 7.05 Å². The summed E-state index contributed by atoms with van der Waals surface area (Å²) in [5, 5.41) is 23.3. The largest absolute Gasteiger partial charge is 0.478 e. The Morgan fingerprint density at radius 1 is 1.55 bits per heavy atom. The molecule has 0 aliphatic rings. The molecule has 7 nitrogen and oxygen atoms in total. The number of aromatic nitrogens is 3. The molecule has 2 N–H and O–H groups in total. The van der Waals surface area contributed by atoms with Gasteiger partial charge in [-0.1, -0.05) is 6.08 Å². The number of aryl methyl sites for hydroxylation is 1. The molecule has 7 heteroatoms. The van der Waals surface area contributed by atoms with Crippen LogP contribution in [0.25, 0.3) is 11.0 Å². The number of pyridine rings is 1. The summed E-state index contributed by atoms with van der Waals surface area (Å²) in [7, 11) is 1.74. The Morgan fingerprint density at radius 2 is 2.30 bits per heavy atom. The molecule has 0 fully saturated rings. The van der Waals surface area contributed by atoms with E-state index in [4.69, 9.17) is 0 Å². The fourth-order valence-electron chi connectivity index (χ4n) is 2.15. The molecule has 0 atom stereocenters. The molecule has 2 heterocycles. The number of anilines is 1. The molecular weight excluding hydrogens is 260 g/mol. The molecule has 0 saturated carbocycles. The monoisotopic (exact) mass is 276 g/mol. The fraction of sp³-hybridized carbons (Fsp3) is 0.308. The van der Waals surface area contributed by atoms with E-state index in [1.807, 2.05) is 0 Å². The maximum absolute atomic E-state index is 11.4. The van der Waals surface area contributed by atoms with Crippen molar-refractivity contribution >= 4 is 22.7 Å². The number of hydrogen-bond acceptors (Lipinski definition) is 5. The Hall–Kier alpha value is -2.41. The van der Waals surface area contributed by atoms with Gasteiger partial charge in [-0.2, -0.15) is 5.10 Å². The van der Waals surface area contributed by atoms with Crippen LogP contribution in [-0.4, -0.2) is 50.6 Å². The standard InChI is InChI=1S/C13H16N4O3/c1-3-4-17(5-6-18)11-9-8-15-16(2)12(9)14-7-10(11)13(19)20/h3,7-8,18H,1,4-6H2,2H3,(H,19,20). The number of aromatic carboxylic acids is 1. The first-order valence-corrected chi connectivity index (χ1v) is 6.10. The van der Waals surface area contributed by atoms with Crippen LogP contribution in [0.5, 0.6) is 0 Å². The van der Waals surface area contributed by atoms with Crippen LogP contribution in [0.1, 0.15) is 10.4 Å². The molecule has 0 aliphatic heterocycles. The number of carboxylic acid groups (broad SMARTS) is 1. The number of carbonyl (C=O) groups is 1. The minimum absolute atomic E-state index is 0.0841. The maximum atomic E-state index is 11.4. The molecule has 0 aliphatic carbocycles. The van der Waals surface area contributed by atoms with Gasteiger partial charge in [0.2, 0.25) is 0 Å². The smallest absolute Gasteiger partial charge is 0.339 e. The summed E-state index contributed by atoms with van der Waals surface area (Å²) in [6, 6.07) is 0. The van der Waals surface area contributed by atoms with Crippen LogP contribution in [-0.2, 0) is 7.05 Å². The SMILES string of the molecule is C=CCN(CCO)c1c(C(=O)O)cnc2c1cnn2C. The Kier molecular flexibility index (Phi) is 3.99. The highest BCUT2D eigenvalue weighted by Crippen LogP contribution is 2.29. The zero-order valence-corrected chi connectivity index (χ0v) is 11.2. The Labute approximate surface area is 115 Å². The highest BCUT2D eigenvalue weighted by atomic mass is 16.4. The predicted molar refractivity (Wildman–Crippen MR) is 75.0 cm³/mol. The van der Waals surface area contributed by atoms with E-state index in [1.54, 1.807) is 28.9 Å². The number of carboxylic acids is 1. The van der Waals surface area contributed by atoms with Gasteiger partial charge in [-0.3, -0.25) is 4.68 Å². The van der Waals surface area contributed by atoms with Crippen LogP contribution in [0.3, 0.4) is 0 Å². The first-order chi connectivity index (χ1) is 9.60. The highest BCUT2D eigenvalue weighted by Gasteiger charge is 2.21. The third-order valence-electron chi connectivity index (χ3n) is 3.00.